The molecule has 1 fully saturated rings. The van der Waals surface area contributed by atoms with Crippen molar-refractivity contribution in [3.05, 3.63) is 24.0 Å². The van der Waals surface area contributed by atoms with E-state index < -0.39 is 0 Å². The first-order chi connectivity index (χ1) is 8.81. The fourth-order valence-corrected chi connectivity index (χ4v) is 2.39. The zero-order chi connectivity index (χ0) is 12.8. The van der Waals surface area contributed by atoms with Crippen molar-refractivity contribution in [1.82, 2.24) is 4.98 Å². The molecule has 4 heteroatoms. The lowest BCUT2D eigenvalue weighted by molar-refractivity contribution is 0.00904. The molecule has 2 rings (SSSR count). The monoisotopic (exact) mass is 250 g/mol. The molecule has 1 aromatic rings. The number of methoxy groups -OCH3 is 1. The lowest BCUT2D eigenvalue weighted by atomic mass is 10.00. The molecule has 1 saturated heterocycles. The fourth-order valence-electron chi connectivity index (χ4n) is 2.39. The van der Waals surface area contributed by atoms with Gasteiger partial charge in [0.15, 0.2) is 0 Å². The molecule has 0 saturated carbocycles. The number of aromatic nitrogens is 1. The molecule has 2 N–H and O–H groups in total. The van der Waals surface area contributed by atoms with Crippen molar-refractivity contribution in [2.75, 3.05) is 13.7 Å². The van der Waals surface area contributed by atoms with Crippen LogP contribution in [0.1, 0.15) is 43.8 Å². The van der Waals surface area contributed by atoms with Gasteiger partial charge >= 0.3 is 0 Å². The Morgan fingerprint density at radius 1 is 1.56 bits per heavy atom. The third-order valence-electron chi connectivity index (χ3n) is 3.44. The molecular formula is C14H22N2O2. The molecule has 2 unspecified atom stereocenters. The van der Waals surface area contributed by atoms with Crippen molar-refractivity contribution in [1.29, 1.82) is 0 Å². The molecular weight excluding hydrogens is 228 g/mol. The Balaban J connectivity index is 1.88. The van der Waals surface area contributed by atoms with Gasteiger partial charge in [0, 0.05) is 12.8 Å². The fraction of sp³-hybridized carbons (Fsp3) is 0.643. The van der Waals surface area contributed by atoms with Crippen LogP contribution >= 0.6 is 0 Å². The van der Waals surface area contributed by atoms with Crippen LogP contribution in [0.15, 0.2) is 18.3 Å². The minimum absolute atomic E-state index is 0.0772. The third-order valence-corrected chi connectivity index (χ3v) is 3.44. The molecule has 1 aliphatic rings. The zero-order valence-corrected chi connectivity index (χ0v) is 11.0. The second-order valence-electron chi connectivity index (χ2n) is 4.76. The van der Waals surface area contributed by atoms with Crippen molar-refractivity contribution in [3.63, 3.8) is 0 Å². The first kappa shape index (κ1) is 13.3. The van der Waals surface area contributed by atoms with Crippen LogP contribution in [-0.2, 0) is 4.74 Å². The highest BCUT2D eigenvalue weighted by atomic mass is 16.5. The van der Waals surface area contributed by atoms with Gasteiger partial charge in [-0.15, -0.1) is 0 Å². The summed E-state index contributed by atoms with van der Waals surface area (Å²) in [6.07, 6.45) is 7.64. The molecule has 18 heavy (non-hydrogen) atoms. The number of pyridine rings is 1. The van der Waals surface area contributed by atoms with Gasteiger partial charge in [0.25, 0.3) is 0 Å². The van der Waals surface area contributed by atoms with Crippen molar-refractivity contribution < 1.29 is 9.47 Å². The standard InChI is InChI=1S/C14H22N2O2/c1-17-13-6-4-9-16-14(13)12(15)8-7-11-5-2-3-10-18-11/h4,6,9,11-12H,2-3,5,7-8,10,15H2,1H3. The Morgan fingerprint density at radius 3 is 3.17 bits per heavy atom. The summed E-state index contributed by atoms with van der Waals surface area (Å²) in [4.78, 5) is 4.32. The van der Waals surface area contributed by atoms with Crippen LogP contribution in [0.4, 0.5) is 0 Å². The van der Waals surface area contributed by atoms with Gasteiger partial charge in [0.05, 0.1) is 24.9 Å². The zero-order valence-electron chi connectivity index (χ0n) is 11.0. The van der Waals surface area contributed by atoms with Crippen molar-refractivity contribution in [3.8, 4) is 5.75 Å². The second kappa shape index (κ2) is 6.71. The predicted molar refractivity (Wildman–Crippen MR) is 70.5 cm³/mol. The van der Waals surface area contributed by atoms with Crippen LogP contribution in [0.25, 0.3) is 0 Å². The smallest absolute Gasteiger partial charge is 0.141 e. The number of nitrogens with two attached hydrogens (primary N) is 1. The summed E-state index contributed by atoms with van der Waals surface area (Å²) in [5.74, 6) is 0.773. The summed E-state index contributed by atoms with van der Waals surface area (Å²) >= 11 is 0. The highest BCUT2D eigenvalue weighted by molar-refractivity contribution is 5.29. The molecule has 100 valence electrons. The predicted octanol–water partition coefficient (Wildman–Crippen LogP) is 2.44. The molecule has 2 atom stereocenters. The summed E-state index contributed by atoms with van der Waals surface area (Å²) in [5.41, 5.74) is 7.03. The van der Waals surface area contributed by atoms with E-state index in [1.807, 2.05) is 12.1 Å². The molecule has 0 radical (unpaired) electrons. The van der Waals surface area contributed by atoms with Gasteiger partial charge in [-0.2, -0.15) is 0 Å². The van der Waals surface area contributed by atoms with Gasteiger partial charge < -0.3 is 15.2 Å². The topological polar surface area (TPSA) is 57.4 Å². The van der Waals surface area contributed by atoms with E-state index in [1.165, 1.54) is 12.8 Å². The van der Waals surface area contributed by atoms with Gasteiger partial charge in [0.2, 0.25) is 0 Å². The Labute approximate surface area is 108 Å². The lowest BCUT2D eigenvalue weighted by Gasteiger charge is -2.24. The maximum absolute atomic E-state index is 6.19. The van der Waals surface area contributed by atoms with E-state index in [-0.39, 0.29) is 6.04 Å². The van der Waals surface area contributed by atoms with E-state index in [0.717, 1.165) is 37.3 Å². The molecule has 0 spiro atoms. The van der Waals surface area contributed by atoms with Gasteiger partial charge in [0.1, 0.15) is 5.75 Å². The van der Waals surface area contributed by atoms with Crippen LogP contribution < -0.4 is 10.5 Å². The number of rotatable bonds is 5. The van der Waals surface area contributed by atoms with E-state index >= 15 is 0 Å². The largest absolute Gasteiger partial charge is 0.495 e. The van der Waals surface area contributed by atoms with Crippen molar-refractivity contribution in [2.24, 2.45) is 5.73 Å². The van der Waals surface area contributed by atoms with Gasteiger partial charge in [-0.25, -0.2) is 0 Å². The van der Waals surface area contributed by atoms with E-state index in [9.17, 15) is 0 Å². The number of nitrogens with zero attached hydrogens (tertiary/aromatic N) is 1. The van der Waals surface area contributed by atoms with Crippen LogP contribution in [0.5, 0.6) is 5.75 Å². The number of hydrogen-bond donors (Lipinski definition) is 1. The number of ether oxygens (including phenoxy) is 2. The second-order valence-corrected chi connectivity index (χ2v) is 4.76. The summed E-state index contributed by atoms with van der Waals surface area (Å²) in [7, 11) is 1.65. The number of hydrogen-bond acceptors (Lipinski definition) is 4. The van der Waals surface area contributed by atoms with Gasteiger partial charge in [-0.3, -0.25) is 4.98 Å². The molecule has 1 aliphatic heterocycles. The molecule has 0 aromatic carbocycles. The average molecular weight is 250 g/mol. The van der Waals surface area contributed by atoms with E-state index in [2.05, 4.69) is 4.98 Å². The maximum atomic E-state index is 6.19. The van der Waals surface area contributed by atoms with E-state index in [1.54, 1.807) is 13.3 Å². The Morgan fingerprint density at radius 2 is 2.44 bits per heavy atom. The Bertz CT molecular complexity index is 365. The van der Waals surface area contributed by atoms with Crippen molar-refractivity contribution >= 4 is 0 Å². The van der Waals surface area contributed by atoms with Crippen LogP contribution in [0.3, 0.4) is 0 Å². The van der Waals surface area contributed by atoms with Crippen LogP contribution in [0.2, 0.25) is 0 Å². The van der Waals surface area contributed by atoms with Gasteiger partial charge in [-0.05, 0) is 44.2 Å². The molecule has 2 heterocycles. The summed E-state index contributed by atoms with van der Waals surface area (Å²) in [6.45, 7) is 0.896. The maximum Gasteiger partial charge on any atom is 0.141 e. The van der Waals surface area contributed by atoms with E-state index in [0.29, 0.717) is 6.10 Å². The summed E-state index contributed by atoms with van der Waals surface area (Å²) in [6, 6.07) is 3.69. The first-order valence-corrected chi connectivity index (χ1v) is 6.67. The quantitative estimate of drug-likeness (QED) is 0.872. The first-order valence-electron chi connectivity index (χ1n) is 6.67. The summed E-state index contributed by atoms with van der Waals surface area (Å²) < 4.78 is 11.0. The highest BCUT2D eigenvalue weighted by Gasteiger charge is 2.18. The molecule has 0 amide bonds. The molecule has 4 nitrogen and oxygen atoms in total. The third kappa shape index (κ3) is 3.43. The molecule has 1 aromatic heterocycles. The highest BCUT2D eigenvalue weighted by Crippen LogP contribution is 2.26. The van der Waals surface area contributed by atoms with E-state index in [4.69, 9.17) is 15.2 Å². The normalized spacial score (nSPS) is 21.6. The minimum atomic E-state index is -0.0772. The van der Waals surface area contributed by atoms with Gasteiger partial charge in [-0.1, -0.05) is 0 Å². The SMILES string of the molecule is COc1cccnc1C(N)CCC1CCCCO1. The minimum Gasteiger partial charge on any atom is -0.495 e. The summed E-state index contributed by atoms with van der Waals surface area (Å²) in [5, 5.41) is 0. The molecule has 0 bridgehead atoms. The Hall–Kier alpha value is -1.13. The van der Waals surface area contributed by atoms with Crippen molar-refractivity contribution in [2.45, 2.75) is 44.2 Å². The lowest BCUT2D eigenvalue weighted by Crippen LogP contribution is -2.22. The average Bonchev–Trinajstić information content (AvgIpc) is 2.45. The van der Waals surface area contributed by atoms with Crippen LogP contribution in [0, 0.1) is 0 Å². The molecule has 0 aliphatic carbocycles. The van der Waals surface area contributed by atoms with Crippen LogP contribution in [-0.4, -0.2) is 24.8 Å². The Kier molecular flexibility index (Phi) is 4.96.